The second-order valence-corrected chi connectivity index (χ2v) is 10.8. The van der Waals surface area contributed by atoms with E-state index in [1.54, 1.807) is 20.1 Å². The first kappa shape index (κ1) is 32.1. The number of allylic oxidation sites excluding steroid dienone is 1. The molecule has 0 aliphatic heterocycles. The van der Waals surface area contributed by atoms with Crippen molar-refractivity contribution in [1.29, 1.82) is 0 Å². The maximum Gasteiger partial charge on any atom is 0.350 e. The molecule has 4 aromatic rings. The summed E-state index contributed by atoms with van der Waals surface area (Å²) in [6.07, 6.45) is 0. The van der Waals surface area contributed by atoms with Gasteiger partial charge in [-0.15, -0.1) is 22.7 Å². The summed E-state index contributed by atoms with van der Waals surface area (Å²) in [5.41, 5.74) is 9.23. The van der Waals surface area contributed by atoms with Crippen molar-refractivity contribution in [3.8, 4) is 20.9 Å². The van der Waals surface area contributed by atoms with Gasteiger partial charge < -0.3 is 25.3 Å². The Labute approximate surface area is 244 Å². The summed E-state index contributed by atoms with van der Waals surface area (Å²) in [7, 11) is 4.36. The number of nitrogens with one attached hydrogen (secondary N) is 1. The van der Waals surface area contributed by atoms with Gasteiger partial charge in [-0.2, -0.15) is 0 Å². The van der Waals surface area contributed by atoms with Crippen molar-refractivity contribution in [3.05, 3.63) is 94.9 Å². The lowest BCUT2D eigenvalue weighted by Gasteiger charge is -2.09. The number of nitrogens with two attached hydrogens (primary N) is 1. The van der Waals surface area contributed by atoms with E-state index in [9.17, 15) is 9.59 Å². The quantitative estimate of drug-likeness (QED) is 0.169. The molecule has 0 aliphatic rings. The van der Waals surface area contributed by atoms with Gasteiger partial charge in [0.05, 0.1) is 38.5 Å². The second-order valence-electron chi connectivity index (χ2n) is 8.67. The van der Waals surface area contributed by atoms with E-state index in [4.69, 9.17) is 10.5 Å². The van der Waals surface area contributed by atoms with Crippen molar-refractivity contribution in [2.45, 2.75) is 26.8 Å². The van der Waals surface area contributed by atoms with Gasteiger partial charge in [-0.3, -0.25) is 0 Å². The minimum atomic E-state index is -0.385. The molecule has 0 saturated carbocycles. The van der Waals surface area contributed by atoms with Gasteiger partial charge in [-0.1, -0.05) is 67.2 Å². The molecule has 40 heavy (non-hydrogen) atoms. The van der Waals surface area contributed by atoms with Crippen LogP contribution in [0.2, 0.25) is 0 Å². The van der Waals surface area contributed by atoms with Crippen molar-refractivity contribution in [2.75, 3.05) is 32.4 Å². The molecule has 0 aliphatic carbocycles. The van der Waals surface area contributed by atoms with Crippen LogP contribution in [-0.2, 0) is 14.2 Å². The molecule has 2 aromatic carbocycles. The summed E-state index contributed by atoms with van der Waals surface area (Å²) in [4.78, 5) is 26.3. The number of hydrogen-bond donors (Lipinski definition) is 2. The summed E-state index contributed by atoms with van der Waals surface area (Å²) in [5, 5.41) is 3.29. The number of carbonyl (C=O) groups is 2. The lowest BCUT2D eigenvalue weighted by atomic mass is 10.2. The van der Waals surface area contributed by atoms with E-state index in [0.717, 1.165) is 32.3 Å². The summed E-state index contributed by atoms with van der Waals surface area (Å²) >= 11 is 2.80. The van der Waals surface area contributed by atoms with Crippen LogP contribution in [0.4, 0.5) is 11.4 Å². The van der Waals surface area contributed by atoms with E-state index in [1.165, 1.54) is 36.9 Å². The average molecular weight is 581 g/mol. The highest BCUT2D eigenvalue weighted by atomic mass is 32.1. The Hall–Kier alpha value is -4.08. The minimum Gasteiger partial charge on any atom is -0.502 e. The molecule has 0 amide bonds. The van der Waals surface area contributed by atoms with Crippen LogP contribution >= 0.6 is 22.7 Å². The second kappa shape index (κ2) is 16.1. The fourth-order valence-corrected chi connectivity index (χ4v) is 5.25. The molecular formula is C31H36N2O5S2. The van der Waals surface area contributed by atoms with Crippen LogP contribution in [0.3, 0.4) is 0 Å². The Morgan fingerprint density at radius 1 is 0.775 bits per heavy atom. The normalized spacial score (nSPS) is 9.88. The monoisotopic (exact) mass is 580 g/mol. The zero-order valence-corrected chi connectivity index (χ0v) is 25.3. The molecule has 9 heteroatoms. The van der Waals surface area contributed by atoms with Gasteiger partial charge in [0.2, 0.25) is 0 Å². The summed E-state index contributed by atoms with van der Waals surface area (Å²) in [5.74, 6) is 0.0741. The number of ether oxygens (including phenoxy) is 3. The third kappa shape index (κ3) is 9.59. The van der Waals surface area contributed by atoms with Crippen molar-refractivity contribution >= 4 is 46.0 Å². The number of methoxy groups -OCH3 is 3. The van der Waals surface area contributed by atoms with Gasteiger partial charge >= 0.3 is 11.9 Å². The molecule has 2 aromatic heterocycles. The zero-order valence-electron chi connectivity index (χ0n) is 23.6. The van der Waals surface area contributed by atoms with Gasteiger partial charge in [0.15, 0.2) is 0 Å². The molecule has 0 bridgehead atoms. The number of rotatable bonds is 7. The number of benzene rings is 2. The number of hydrogen-bond acceptors (Lipinski definition) is 9. The van der Waals surface area contributed by atoms with E-state index >= 15 is 0 Å². The third-order valence-electron chi connectivity index (χ3n) is 5.14. The van der Waals surface area contributed by atoms with Crippen LogP contribution in [-0.4, -0.2) is 39.3 Å². The Kier molecular flexibility index (Phi) is 13.0. The Morgan fingerprint density at radius 2 is 1.20 bits per heavy atom. The molecule has 0 radical (unpaired) electrons. The first-order valence-electron chi connectivity index (χ1n) is 12.4. The van der Waals surface area contributed by atoms with E-state index in [1.807, 2.05) is 80.6 Å². The number of carbonyl (C=O) groups excluding carboxylic acids is 2. The molecule has 2 heterocycles. The van der Waals surface area contributed by atoms with E-state index in [-0.39, 0.29) is 18.0 Å². The highest BCUT2D eigenvalue weighted by Gasteiger charge is 2.18. The lowest BCUT2D eigenvalue weighted by molar-refractivity contribution is 0.0598. The first-order chi connectivity index (χ1) is 19.1. The third-order valence-corrected chi connectivity index (χ3v) is 7.49. The maximum atomic E-state index is 11.8. The van der Waals surface area contributed by atoms with E-state index in [2.05, 4.69) is 21.4 Å². The molecule has 7 nitrogen and oxygen atoms in total. The predicted octanol–water partition coefficient (Wildman–Crippen LogP) is 7.97. The largest absolute Gasteiger partial charge is 0.502 e. The van der Waals surface area contributed by atoms with Crippen LogP contribution in [0.15, 0.2) is 85.1 Å². The van der Waals surface area contributed by atoms with Gasteiger partial charge in [-0.05, 0) is 44.0 Å². The Morgan fingerprint density at radius 3 is 1.62 bits per heavy atom. The molecule has 4 rings (SSSR count). The smallest absolute Gasteiger partial charge is 0.350 e. The van der Waals surface area contributed by atoms with E-state index in [0.29, 0.717) is 15.4 Å². The van der Waals surface area contributed by atoms with Crippen LogP contribution in [0, 0.1) is 0 Å². The zero-order chi connectivity index (χ0) is 29.7. The van der Waals surface area contributed by atoms with Crippen LogP contribution in [0.25, 0.3) is 20.9 Å². The molecular weight excluding hydrogens is 544 g/mol. The number of nitrogen functional groups attached to an aromatic ring is 1. The van der Waals surface area contributed by atoms with E-state index < -0.39 is 0 Å². The molecule has 212 valence electrons. The molecule has 0 fully saturated rings. The van der Waals surface area contributed by atoms with Crippen molar-refractivity contribution in [3.63, 3.8) is 0 Å². The standard InChI is InChI=1S/C15H17NO2S.C12H11NO2S.C4H8O/c1-10(2)16-12-9-13(11-7-5-4-6-8-11)19-14(12)15(17)18-3;1-15-12(14)11-9(13)7-10(16-11)8-5-3-2-4-6-8;1-4(2)5-3/h4-10,16H,1-3H3;2-7H,13H2,1H3;1H2,2-3H3. The highest BCUT2D eigenvalue weighted by molar-refractivity contribution is 7.18. The fourth-order valence-electron chi connectivity index (χ4n) is 3.20. The van der Waals surface area contributed by atoms with Gasteiger partial charge in [-0.25, -0.2) is 9.59 Å². The van der Waals surface area contributed by atoms with Gasteiger partial charge in [0.1, 0.15) is 9.75 Å². The maximum absolute atomic E-state index is 11.8. The first-order valence-corrected chi connectivity index (χ1v) is 14.0. The summed E-state index contributed by atoms with van der Waals surface area (Å²) < 4.78 is 14.1. The lowest BCUT2D eigenvalue weighted by Crippen LogP contribution is -2.12. The summed E-state index contributed by atoms with van der Waals surface area (Å²) in [6, 6.07) is 23.9. The number of esters is 2. The number of anilines is 2. The average Bonchev–Trinajstić information content (AvgIpc) is 3.57. The molecule has 0 spiro atoms. The van der Waals surface area contributed by atoms with Crippen molar-refractivity contribution < 1.29 is 23.8 Å². The summed E-state index contributed by atoms with van der Waals surface area (Å²) in [6.45, 7) is 9.34. The molecule has 0 saturated heterocycles. The molecule has 3 N–H and O–H groups in total. The van der Waals surface area contributed by atoms with Crippen LogP contribution in [0.1, 0.15) is 40.1 Å². The fraction of sp³-hybridized carbons (Fsp3) is 0.226. The number of thiophene rings is 2. The minimum absolute atomic E-state index is 0.265. The van der Waals surface area contributed by atoms with Crippen molar-refractivity contribution in [2.24, 2.45) is 0 Å². The Bertz CT molecular complexity index is 1380. The van der Waals surface area contributed by atoms with Crippen molar-refractivity contribution in [1.82, 2.24) is 0 Å². The topological polar surface area (TPSA) is 99.9 Å². The van der Waals surface area contributed by atoms with Crippen LogP contribution in [0.5, 0.6) is 0 Å². The molecule has 0 atom stereocenters. The molecule has 0 unspecified atom stereocenters. The van der Waals surface area contributed by atoms with Gasteiger partial charge in [0, 0.05) is 15.8 Å². The van der Waals surface area contributed by atoms with Crippen LogP contribution < -0.4 is 11.1 Å². The van der Waals surface area contributed by atoms with Gasteiger partial charge in [0.25, 0.3) is 0 Å². The SMILES string of the molecule is C=C(C)OC.COC(=O)c1sc(-c2ccccc2)cc1N.COC(=O)c1sc(-c2ccccc2)cc1NC(C)C. The highest BCUT2D eigenvalue weighted by Crippen LogP contribution is 2.36. The predicted molar refractivity (Wildman–Crippen MR) is 167 cm³/mol. The Balaban J connectivity index is 0.000000243.